The molecule has 6 nitrogen and oxygen atoms in total. The summed E-state index contributed by atoms with van der Waals surface area (Å²) in [5.74, 6) is 1.50. The predicted molar refractivity (Wildman–Crippen MR) is 95.9 cm³/mol. The number of rotatable bonds is 6. The highest BCUT2D eigenvalue weighted by atomic mass is 16.5. The van der Waals surface area contributed by atoms with Crippen LogP contribution in [0.4, 0.5) is 0 Å². The molecular weight excluding hydrogens is 319 g/mol. The number of benzene rings is 1. The van der Waals surface area contributed by atoms with E-state index in [4.69, 9.17) is 14.1 Å². The molecule has 2 atom stereocenters. The molecular formula is C18H23BN2O4. The quantitative estimate of drug-likeness (QED) is 0.814. The van der Waals surface area contributed by atoms with E-state index in [0.717, 1.165) is 23.2 Å². The van der Waals surface area contributed by atoms with Gasteiger partial charge in [-0.15, -0.1) is 0 Å². The Balaban J connectivity index is 1.90. The summed E-state index contributed by atoms with van der Waals surface area (Å²) < 4.78 is 16.6. The van der Waals surface area contributed by atoms with Crippen molar-refractivity contribution in [3.63, 3.8) is 0 Å². The van der Waals surface area contributed by atoms with Crippen molar-refractivity contribution in [3.8, 4) is 22.8 Å². The highest BCUT2D eigenvalue weighted by Gasteiger charge is 2.36. The normalized spacial score (nSPS) is 19.9. The highest BCUT2D eigenvalue weighted by molar-refractivity contribution is 6.44. The van der Waals surface area contributed by atoms with E-state index in [1.807, 2.05) is 31.2 Å². The van der Waals surface area contributed by atoms with Crippen LogP contribution in [-0.2, 0) is 4.65 Å². The third-order valence-electron chi connectivity index (χ3n) is 4.42. The molecule has 0 bridgehead atoms. The van der Waals surface area contributed by atoms with Crippen LogP contribution < -0.4 is 9.47 Å². The summed E-state index contributed by atoms with van der Waals surface area (Å²) >= 11 is 0. The zero-order valence-electron chi connectivity index (χ0n) is 14.8. The van der Waals surface area contributed by atoms with Gasteiger partial charge in [0.1, 0.15) is 0 Å². The Bertz CT molecular complexity index is 728. The predicted octanol–water partition coefficient (Wildman–Crippen LogP) is 2.92. The largest absolute Gasteiger partial charge is 0.493 e. The fourth-order valence-corrected chi connectivity index (χ4v) is 3.10. The van der Waals surface area contributed by atoms with Crippen molar-refractivity contribution >= 4 is 7.12 Å². The van der Waals surface area contributed by atoms with Gasteiger partial charge in [-0.1, -0.05) is 6.92 Å². The first-order valence-corrected chi connectivity index (χ1v) is 8.59. The molecule has 3 rings (SSSR count). The molecule has 0 saturated carbocycles. The van der Waals surface area contributed by atoms with Gasteiger partial charge in [-0.05, 0) is 49.5 Å². The van der Waals surface area contributed by atoms with Crippen molar-refractivity contribution in [1.29, 1.82) is 0 Å². The van der Waals surface area contributed by atoms with Gasteiger partial charge in [-0.25, -0.2) is 0 Å². The minimum absolute atomic E-state index is 0.0497. The average molecular weight is 342 g/mol. The molecule has 1 saturated heterocycles. The summed E-state index contributed by atoms with van der Waals surface area (Å²) in [6.45, 7) is 4.65. The second-order valence-corrected chi connectivity index (χ2v) is 6.23. The number of ether oxygens (including phenoxy) is 2. The lowest BCUT2D eigenvalue weighted by atomic mass is 9.78. The van der Waals surface area contributed by atoms with Gasteiger partial charge in [0, 0.05) is 17.6 Å². The van der Waals surface area contributed by atoms with Crippen molar-refractivity contribution < 1.29 is 19.2 Å². The lowest BCUT2D eigenvalue weighted by Crippen LogP contribution is -2.12. The van der Waals surface area contributed by atoms with Crippen molar-refractivity contribution in [2.24, 2.45) is 0 Å². The second-order valence-electron chi connectivity index (χ2n) is 6.23. The zero-order valence-corrected chi connectivity index (χ0v) is 14.8. The van der Waals surface area contributed by atoms with E-state index in [-0.39, 0.29) is 12.0 Å². The Hall–Kier alpha value is -2.12. The van der Waals surface area contributed by atoms with Gasteiger partial charge in [0.15, 0.2) is 11.5 Å². The first-order chi connectivity index (χ1) is 12.1. The number of hydrogen-bond acceptors (Lipinski definition) is 6. The smallest absolute Gasteiger partial charge is 0.455 e. The standard InChI is InChI=1S/C18H23BN2O4/c1-4-7-24-18-9-13(5-6-17(18)23-3)16-8-14(11-20-21-16)15-10-19(22)25-12(15)2/h5-6,8-9,11-12,15,22H,4,7,10H2,1-3H3. The minimum atomic E-state index is -0.716. The Morgan fingerprint density at radius 3 is 2.84 bits per heavy atom. The molecule has 2 aromatic rings. The van der Waals surface area contributed by atoms with Crippen LogP contribution in [0, 0.1) is 0 Å². The Morgan fingerprint density at radius 1 is 1.32 bits per heavy atom. The fraction of sp³-hybridized carbons (Fsp3) is 0.444. The van der Waals surface area contributed by atoms with Crippen LogP contribution in [0.5, 0.6) is 11.5 Å². The summed E-state index contributed by atoms with van der Waals surface area (Å²) in [5.41, 5.74) is 2.68. The molecule has 2 heterocycles. The lowest BCUT2D eigenvalue weighted by Gasteiger charge is -2.15. The van der Waals surface area contributed by atoms with E-state index in [9.17, 15) is 5.02 Å². The molecule has 132 valence electrons. The first-order valence-electron chi connectivity index (χ1n) is 8.59. The molecule has 1 aliphatic heterocycles. The van der Waals surface area contributed by atoms with Crippen LogP contribution in [0.15, 0.2) is 30.5 Å². The van der Waals surface area contributed by atoms with Crippen LogP contribution in [-0.4, -0.2) is 42.2 Å². The maximum absolute atomic E-state index is 9.71. The van der Waals surface area contributed by atoms with Gasteiger partial charge in [0.2, 0.25) is 0 Å². The van der Waals surface area contributed by atoms with Gasteiger partial charge in [-0.3, -0.25) is 0 Å². The van der Waals surface area contributed by atoms with Gasteiger partial charge in [-0.2, -0.15) is 10.2 Å². The van der Waals surface area contributed by atoms with E-state index in [1.54, 1.807) is 13.3 Å². The van der Waals surface area contributed by atoms with Gasteiger partial charge in [0.05, 0.1) is 25.6 Å². The Morgan fingerprint density at radius 2 is 2.16 bits per heavy atom. The van der Waals surface area contributed by atoms with Crippen molar-refractivity contribution in [2.45, 2.75) is 38.6 Å². The van der Waals surface area contributed by atoms with E-state index >= 15 is 0 Å². The van der Waals surface area contributed by atoms with Gasteiger partial charge in [0.25, 0.3) is 0 Å². The van der Waals surface area contributed by atoms with Crippen LogP contribution >= 0.6 is 0 Å². The Labute approximate surface area is 148 Å². The van der Waals surface area contributed by atoms with Crippen LogP contribution in [0.25, 0.3) is 11.3 Å². The molecule has 25 heavy (non-hydrogen) atoms. The van der Waals surface area contributed by atoms with E-state index in [1.165, 1.54) is 0 Å². The van der Waals surface area contributed by atoms with Gasteiger partial charge >= 0.3 is 7.12 Å². The third-order valence-corrected chi connectivity index (χ3v) is 4.42. The monoisotopic (exact) mass is 342 g/mol. The van der Waals surface area contributed by atoms with Crippen LogP contribution in [0.2, 0.25) is 6.32 Å². The molecule has 1 fully saturated rings. The molecule has 1 aromatic carbocycles. The number of methoxy groups -OCH3 is 1. The summed E-state index contributed by atoms with van der Waals surface area (Å²) in [5, 5.41) is 18.1. The molecule has 1 aromatic heterocycles. The summed E-state index contributed by atoms with van der Waals surface area (Å²) in [6.07, 6.45) is 3.18. The summed E-state index contributed by atoms with van der Waals surface area (Å²) in [4.78, 5) is 0. The molecule has 1 aliphatic rings. The van der Waals surface area contributed by atoms with Crippen molar-refractivity contribution in [3.05, 3.63) is 36.0 Å². The minimum Gasteiger partial charge on any atom is -0.493 e. The van der Waals surface area contributed by atoms with E-state index < -0.39 is 7.12 Å². The fourth-order valence-electron chi connectivity index (χ4n) is 3.10. The highest BCUT2D eigenvalue weighted by Crippen LogP contribution is 2.36. The zero-order chi connectivity index (χ0) is 17.8. The molecule has 2 unspecified atom stereocenters. The molecule has 0 amide bonds. The maximum atomic E-state index is 9.71. The van der Waals surface area contributed by atoms with Crippen molar-refractivity contribution in [1.82, 2.24) is 10.2 Å². The van der Waals surface area contributed by atoms with Crippen LogP contribution in [0.3, 0.4) is 0 Å². The third kappa shape index (κ3) is 3.94. The van der Waals surface area contributed by atoms with Gasteiger partial charge < -0.3 is 19.2 Å². The van der Waals surface area contributed by atoms with Crippen LogP contribution in [0.1, 0.15) is 31.7 Å². The Kier molecular flexibility index (Phi) is 5.55. The molecule has 0 aliphatic carbocycles. The topological polar surface area (TPSA) is 73.7 Å². The van der Waals surface area contributed by atoms with E-state index in [2.05, 4.69) is 17.1 Å². The molecule has 1 N–H and O–H groups in total. The average Bonchev–Trinajstić information content (AvgIpc) is 2.98. The molecule has 0 radical (unpaired) electrons. The number of aromatic nitrogens is 2. The molecule has 7 heteroatoms. The van der Waals surface area contributed by atoms with Crippen molar-refractivity contribution in [2.75, 3.05) is 13.7 Å². The SMILES string of the molecule is CCCOc1cc(-c2cc(C3CB(O)OC3C)cnn2)ccc1OC. The van der Waals surface area contributed by atoms with E-state index in [0.29, 0.717) is 24.4 Å². The summed E-state index contributed by atoms with van der Waals surface area (Å²) in [7, 11) is 0.910. The number of hydrogen-bond donors (Lipinski definition) is 1. The second kappa shape index (κ2) is 7.84. The summed E-state index contributed by atoms with van der Waals surface area (Å²) in [6, 6.07) is 7.74. The maximum Gasteiger partial charge on any atom is 0.455 e. The first kappa shape index (κ1) is 17.7. The number of nitrogens with zero attached hydrogens (tertiary/aromatic N) is 2. The lowest BCUT2D eigenvalue weighted by molar-refractivity contribution is 0.205. The molecule has 0 spiro atoms.